The van der Waals surface area contributed by atoms with Crippen molar-refractivity contribution in [1.29, 1.82) is 0 Å². The number of hydrogen-bond acceptors (Lipinski definition) is 0. The number of benzene rings is 4. The van der Waals surface area contributed by atoms with E-state index in [1.165, 1.54) is 67.4 Å². The molecular formula is C42H48HfSi. The van der Waals surface area contributed by atoms with Crippen molar-refractivity contribution in [3.05, 3.63) is 135 Å². The Morgan fingerprint density at radius 2 is 0.977 bits per heavy atom. The summed E-state index contributed by atoms with van der Waals surface area (Å²) in [4.78, 5) is 0. The van der Waals surface area contributed by atoms with Crippen LogP contribution in [-0.4, -0.2) is 8.07 Å². The molecule has 0 unspecified atom stereocenters. The second kappa shape index (κ2) is 14.5. The first-order chi connectivity index (χ1) is 19.8. The van der Waals surface area contributed by atoms with Gasteiger partial charge in [0.1, 0.15) is 0 Å². The van der Waals surface area contributed by atoms with Crippen LogP contribution in [0, 0.1) is 14.9 Å². The van der Waals surface area contributed by atoms with Crippen molar-refractivity contribution in [2.75, 3.05) is 0 Å². The molecule has 6 rings (SSSR count). The topological polar surface area (TPSA) is 0 Å². The van der Waals surface area contributed by atoms with Crippen molar-refractivity contribution in [2.24, 2.45) is 0 Å². The van der Waals surface area contributed by atoms with E-state index in [0.29, 0.717) is 11.8 Å². The summed E-state index contributed by atoms with van der Waals surface area (Å²) in [6.07, 6.45) is 1.19. The van der Waals surface area contributed by atoms with Gasteiger partial charge >= 0.3 is 25.8 Å². The Bertz CT molecular complexity index is 1670. The zero-order valence-electron chi connectivity index (χ0n) is 28.0. The van der Waals surface area contributed by atoms with E-state index in [0.717, 1.165) is 0 Å². The van der Waals surface area contributed by atoms with Crippen LogP contribution in [0.5, 0.6) is 0 Å². The van der Waals surface area contributed by atoms with Crippen molar-refractivity contribution in [2.45, 2.75) is 65.5 Å². The van der Waals surface area contributed by atoms with Gasteiger partial charge in [-0.25, -0.2) is 0 Å². The fourth-order valence-electron chi connectivity index (χ4n) is 6.66. The van der Waals surface area contributed by atoms with Gasteiger partial charge in [-0.3, -0.25) is 0 Å². The fourth-order valence-corrected chi connectivity index (χ4v) is 10.4. The number of rotatable bonds is 8. The molecule has 2 heteroatoms. The van der Waals surface area contributed by atoms with Gasteiger partial charge < -0.3 is 14.9 Å². The summed E-state index contributed by atoms with van der Waals surface area (Å²) in [6.45, 7) is 14.0. The Balaban J connectivity index is 0.00000176. The largest absolute Gasteiger partial charge is 4.00 e. The van der Waals surface area contributed by atoms with E-state index < -0.39 is 8.07 Å². The molecule has 0 aliphatic carbocycles. The van der Waals surface area contributed by atoms with Crippen molar-refractivity contribution >= 4 is 40.0 Å². The average Bonchev–Trinajstić information content (AvgIpc) is 3.63. The molecule has 0 amide bonds. The predicted octanol–water partition coefficient (Wildman–Crippen LogP) is 11.5. The third kappa shape index (κ3) is 6.58. The Morgan fingerprint density at radius 3 is 1.32 bits per heavy atom. The maximum absolute atomic E-state index is 2.59. The minimum absolute atomic E-state index is 0. The number of fused-ring (bicyclic) bond motifs is 2. The van der Waals surface area contributed by atoms with Gasteiger partial charge in [-0.05, 0) is 34.1 Å². The zero-order chi connectivity index (χ0) is 28.7. The normalized spacial score (nSPS) is 11.5. The molecule has 6 aromatic carbocycles. The van der Waals surface area contributed by atoms with Crippen LogP contribution in [-0.2, 0) is 25.8 Å². The van der Waals surface area contributed by atoms with Crippen LogP contribution < -0.4 is 10.4 Å². The molecule has 0 atom stereocenters. The van der Waals surface area contributed by atoms with Crippen molar-refractivity contribution < 1.29 is 25.8 Å². The van der Waals surface area contributed by atoms with Gasteiger partial charge in [-0.15, -0.1) is 68.3 Å². The van der Waals surface area contributed by atoms with Gasteiger partial charge in [-0.1, -0.05) is 125 Å². The molecule has 0 fully saturated rings. The standard InChI is InChI=1S/C40H42Si.2CH3.Hf/c1-7-22-41(6,35-23-33-10-8-12-37(39(33)25-35)31-18-14-29(15-19-31)27(2)3)36-24-34-11-9-13-38(40(34)26-36)32-20-16-30(17-21-32)28(4)5;;;/h8-21,23-28H,7,22H2,1-6H3;2*1H3;/q-2;2*-1;+4. The third-order valence-corrected chi connectivity index (χ3v) is 13.9. The first-order valence-electron chi connectivity index (χ1n) is 15.4. The van der Waals surface area contributed by atoms with E-state index in [1.807, 2.05) is 0 Å². The second-order valence-electron chi connectivity index (χ2n) is 12.7. The van der Waals surface area contributed by atoms with Crippen LogP contribution in [0.3, 0.4) is 0 Å². The number of hydrogen-bond donors (Lipinski definition) is 0. The smallest absolute Gasteiger partial charge is 0.358 e. The summed E-state index contributed by atoms with van der Waals surface area (Å²) in [5, 5.41) is 8.61. The average molecular weight is 759 g/mol. The summed E-state index contributed by atoms with van der Waals surface area (Å²) in [5.41, 5.74) is 8.09. The van der Waals surface area contributed by atoms with Crippen LogP contribution in [0.15, 0.2) is 109 Å². The Labute approximate surface area is 287 Å². The SMILES string of the molecule is CCC[Si](C)(c1cc2c(-c3ccc(C(C)C)cc3)cccc2[cH-]1)c1cc2c(-c3ccc(C(C)C)cc3)cccc2[cH-]1.[CH3-].[CH3-].[Hf+4]. The van der Waals surface area contributed by atoms with Crippen molar-refractivity contribution in [1.82, 2.24) is 0 Å². The monoisotopic (exact) mass is 760 g/mol. The van der Waals surface area contributed by atoms with E-state index in [-0.39, 0.29) is 40.7 Å². The first kappa shape index (κ1) is 35.7. The van der Waals surface area contributed by atoms with Crippen molar-refractivity contribution in [3.8, 4) is 22.3 Å². The maximum Gasteiger partial charge on any atom is 4.00 e. The van der Waals surface area contributed by atoms with E-state index in [2.05, 4.69) is 150 Å². The molecule has 0 bridgehead atoms. The van der Waals surface area contributed by atoms with Crippen LogP contribution in [0.4, 0.5) is 0 Å². The summed E-state index contributed by atoms with van der Waals surface area (Å²) in [7, 11) is -1.96. The minimum Gasteiger partial charge on any atom is -0.358 e. The van der Waals surface area contributed by atoms with Crippen molar-refractivity contribution in [3.63, 3.8) is 0 Å². The molecule has 0 saturated carbocycles. The summed E-state index contributed by atoms with van der Waals surface area (Å²) < 4.78 is 0. The van der Waals surface area contributed by atoms with Gasteiger partial charge in [0.15, 0.2) is 0 Å². The quantitative estimate of drug-likeness (QED) is 0.107. The molecule has 0 aliphatic heterocycles. The van der Waals surface area contributed by atoms with Crippen LogP contribution in [0.2, 0.25) is 12.6 Å². The van der Waals surface area contributed by atoms with Gasteiger partial charge in [0.05, 0.1) is 8.07 Å². The van der Waals surface area contributed by atoms with Crippen LogP contribution in [0.1, 0.15) is 64.0 Å². The van der Waals surface area contributed by atoms with E-state index in [1.54, 1.807) is 10.4 Å². The molecule has 224 valence electrons. The van der Waals surface area contributed by atoms with Gasteiger partial charge in [0.25, 0.3) is 0 Å². The van der Waals surface area contributed by atoms with Crippen LogP contribution >= 0.6 is 0 Å². The molecule has 0 aromatic heterocycles. The van der Waals surface area contributed by atoms with E-state index in [9.17, 15) is 0 Å². The summed E-state index contributed by atoms with van der Waals surface area (Å²) in [6, 6.07) is 43.4. The molecular weight excluding hydrogens is 711 g/mol. The second-order valence-corrected chi connectivity index (χ2v) is 17.1. The fraction of sp³-hybridized carbons (Fsp3) is 0.238. The first-order valence-corrected chi connectivity index (χ1v) is 18.1. The molecule has 0 heterocycles. The molecule has 0 radical (unpaired) electrons. The third-order valence-electron chi connectivity index (χ3n) is 9.30. The predicted molar refractivity (Wildman–Crippen MR) is 197 cm³/mol. The zero-order valence-corrected chi connectivity index (χ0v) is 32.6. The molecule has 0 nitrogen and oxygen atoms in total. The molecule has 0 N–H and O–H groups in total. The Hall–Kier alpha value is -2.81. The minimum atomic E-state index is -1.96. The summed E-state index contributed by atoms with van der Waals surface area (Å²) >= 11 is 0. The van der Waals surface area contributed by atoms with E-state index >= 15 is 0 Å². The summed E-state index contributed by atoms with van der Waals surface area (Å²) in [5.74, 6) is 1.09. The molecule has 6 aromatic rings. The maximum atomic E-state index is 2.59. The van der Waals surface area contributed by atoms with E-state index in [4.69, 9.17) is 0 Å². The van der Waals surface area contributed by atoms with Gasteiger partial charge in [-0.2, -0.15) is 12.1 Å². The van der Waals surface area contributed by atoms with Gasteiger partial charge in [0.2, 0.25) is 0 Å². The van der Waals surface area contributed by atoms with Crippen LogP contribution in [0.25, 0.3) is 43.8 Å². The molecule has 0 spiro atoms. The molecule has 44 heavy (non-hydrogen) atoms. The molecule has 0 aliphatic rings. The molecule has 0 saturated heterocycles. The van der Waals surface area contributed by atoms with Gasteiger partial charge in [0, 0.05) is 0 Å². The Morgan fingerprint density at radius 1 is 0.591 bits per heavy atom. The Kier molecular flexibility index (Phi) is 11.8.